The molecule has 0 saturated heterocycles. The quantitative estimate of drug-likeness (QED) is 0.735. The van der Waals surface area contributed by atoms with Crippen LogP contribution in [0.2, 0.25) is 0 Å². The highest BCUT2D eigenvalue weighted by molar-refractivity contribution is 5.75. The number of hydrogen-bond acceptors (Lipinski definition) is 4. The molecule has 0 radical (unpaired) electrons. The van der Waals surface area contributed by atoms with Gasteiger partial charge in [0.2, 0.25) is 0 Å². The Morgan fingerprint density at radius 1 is 1.33 bits per heavy atom. The lowest BCUT2D eigenvalue weighted by Gasteiger charge is -2.18. The molecule has 0 fully saturated rings. The number of benzene rings is 1. The van der Waals surface area contributed by atoms with E-state index in [-0.39, 0.29) is 5.97 Å². The van der Waals surface area contributed by atoms with Gasteiger partial charge in [-0.3, -0.25) is 4.79 Å². The fraction of sp³-hybridized carbons (Fsp3) is 0.500. The van der Waals surface area contributed by atoms with E-state index in [1.54, 1.807) is 0 Å². The molecular weight excluding hydrogens is 228 g/mol. The van der Waals surface area contributed by atoms with Crippen molar-refractivity contribution in [2.75, 3.05) is 27.2 Å². The van der Waals surface area contributed by atoms with Gasteiger partial charge in [-0.2, -0.15) is 0 Å². The molecule has 0 aromatic heterocycles. The molecule has 18 heavy (non-hydrogen) atoms. The van der Waals surface area contributed by atoms with E-state index in [0.29, 0.717) is 6.42 Å². The second-order valence-corrected chi connectivity index (χ2v) is 4.46. The van der Waals surface area contributed by atoms with Crippen molar-refractivity contribution in [1.29, 1.82) is 0 Å². The molecule has 1 rings (SSSR count). The van der Waals surface area contributed by atoms with E-state index >= 15 is 0 Å². The lowest BCUT2D eigenvalue weighted by Crippen LogP contribution is -2.35. The highest BCUT2D eigenvalue weighted by Gasteiger charge is 2.13. The summed E-state index contributed by atoms with van der Waals surface area (Å²) in [5.41, 5.74) is 7.00. The Morgan fingerprint density at radius 2 is 2.00 bits per heavy atom. The molecule has 0 aliphatic rings. The smallest absolute Gasteiger partial charge is 0.322 e. The van der Waals surface area contributed by atoms with Crippen LogP contribution in [0.4, 0.5) is 0 Å². The summed E-state index contributed by atoms with van der Waals surface area (Å²) in [5, 5.41) is 0. The molecule has 4 heteroatoms. The van der Waals surface area contributed by atoms with Crippen molar-refractivity contribution in [3.63, 3.8) is 0 Å². The SMILES string of the molecule is COC(=O)C(N)CCN(C)CCc1ccccc1. The number of nitrogens with two attached hydrogens (primary N) is 1. The van der Waals surface area contributed by atoms with Crippen molar-refractivity contribution in [3.05, 3.63) is 35.9 Å². The summed E-state index contributed by atoms with van der Waals surface area (Å²) in [6, 6.07) is 9.82. The topological polar surface area (TPSA) is 55.6 Å². The predicted octanol–water partition coefficient (Wildman–Crippen LogP) is 1.05. The van der Waals surface area contributed by atoms with Crippen LogP contribution in [-0.4, -0.2) is 44.2 Å². The standard InChI is InChI=1S/C14H22N2O2/c1-16(11-9-13(15)14(17)18-2)10-8-12-6-4-3-5-7-12/h3-7,13H,8-11,15H2,1-2H3. The van der Waals surface area contributed by atoms with E-state index in [4.69, 9.17) is 5.73 Å². The fourth-order valence-corrected chi connectivity index (χ4v) is 1.71. The van der Waals surface area contributed by atoms with Gasteiger partial charge in [-0.25, -0.2) is 0 Å². The number of hydrogen-bond donors (Lipinski definition) is 1. The summed E-state index contributed by atoms with van der Waals surface area (Å²) in [6.45, 7) is 1.75. The zero-order valence-corrected chi connectivity index (χ0v) is 11.1. The van der Waals surface area contributed by atoms with Crippen LogP contribution < -0.4 is 5.73 Å². The lowest BCUT2D eigenvalue weighted by molar-refractivity contribution is -0.142. The van der Waals surface area contributed by atoms with Crippen molar-refractivity contribution in [2.24, 2.45) is 5.73 Å². The first-order chi connectivity index (χ1) is 8.63. The number of esters is 1. The van der Waals surface area contributed by atoms with E-state index < -0.39 is 6.04 Å². The summed E-state index contributed by atoms with van der Waals surface area (Å²) in [6.07, 6.45) is 1.63. The van der Waals surface area contributed by atoms with E-state index in [9.17, 15) is 4.79 Å². The molecule has 1 atom stereocenters. The van der Waals surface area contributed by atoms with Gasteiger partial charge in [-0.15, -0.1) is 0 Å². The zero-order valence-electron chi connectivity index (χ0n) is 11.1. The number of likely N-dealkylation sites (N-methyl/N-ethyl adjacent to an activating group) is 1. The molecule has 1 unspecified atom stereocenters. The molecule has 0 aliphatic carbocycles. The molecule has 0 spiro atoms. The summed E-state index contributed by atoms with van der Waals surface area (Å²) < 4.78 is 4.59. The molecule has 2 N–H and O–H groups in total. The Morgan fingerprint density at radius 3 is 2.61 bits per heavy atom. The van der Waals surface area contributed by atoms with Gasteiger partial charge in [0.1, 0.15) is 6.04 Å². The Hall–Kier alpha value is -1.39. The van der Waals surface area contributed by atoms with Gasteiger partial charge in [-0.1, -0.05) is 30.3 Å². The molecule has 4 nitrogen and oxygen atoms in total. The third-order valence-electron chi connectivity index (χ3n) is 2.95. The van der Waals surface area contributed by atoms with Crippen LogP contribution in [0.5, 0.6) is 0 Å². The molecule has 1 aromatic rings. The van der Waals surface area contributed by atoms with Gasteiger partial charge in [0, 0.05) is 6.54 Å². The summed E-state index contributed by atoms with van der Waals surface area (Å²) in [7, 11) is 3.40. The third kappa shape index (κ3) is 5.29. The second kappa shape index (κ2) is 7.84. The Labute approximate surface area is 109 Å². The Kier molecular flexibility index (Phi) is 6.39. The number of nitrogens with zero attached hydrogens (tertiary/aromatic N) is 1. The van der Waals surface area contributed by atoms with Crippen LogP contribution in [0.3, 0.4) is 0 Å². The molecular formula is C14H22N2O2. The first-order valence-corrected chi connectivity index (χ1v) is 6.19. The summed E-state index contributed by atoms with van der Waals surface area (Å²) in [4.78, 5) is 13.3. The van der Waals surface area contributed by atoms with Gasteiger partial charge in [0.15, 0.2) is 0 Å². The van der Waals surface area contributed by atoms with Crippen LogP contribution in [0, 0.1) is 0 Å². The molecule has 0 aliphatic heterocycles. The number of carbonyl (C=O) groups is 1. The van der Waals surface area contributed by atoms with Crippen molar-refractivity contribution >= 4 is 5.97 Å². The van der Waals surface area contributed by atoms with Crippen LogP contribution in [0.25, 0.3) is 0 Å². The van der Waals surface area contributed by atoms with Gasteiger partial charge in [0.05, 0.1) is 7.11 Å². The first-order valence-electron chi connectivity index (χ1n) is 6.19. The average molecular weight is 250 g/mol. The van der Waals surface area contributed by atoms with E-state index in [1.807, 2.05) is 25.2 Å². The van der Waals surface area contributed by atoms with E-state index in [0.717, 1.165) is 19.5 Å². The molecule has 0 heterocycles. The number of carbonyl (C=O) groups excluding carboxylic acids is 1. The van der Waals surface area contributed by atoms with Crippen LogP contribution in [0.1, 0.15) is 12.0 Å². The average Bonchev–Trinajstić information content (AvgIpc) is 2.42. The minimum atomic E-state index is -0.519. The summed E-state index contributed by atoms with van der Waals surface area (Å²) in [5.74, 6) is -0.341. The maximum absolute atomic E-state index is 11.1. The van der Waals surface area contributed by atoms with Crippen molar-refractivity contribution in [2.45, 2.75) is 18.9 Å². The maximum atomic E-state index is 11.1. The second-order valence-electron chi connectivity index (χ2n) is 4.46. The minimum absolute atomic E-state index is 0.341. The predicted molar refractivity (Wildman–Crippen MR) is 72.3 cm³/mol. The fourth-order valence-electron chi connectivity index (χ4n) is 1.71. The van der Waals surface area contributed by atoms with Crippen molar-refractivity contribution in [3.8, 4) is 0 Å². The van der Waals surface area contributed by atoms with Crippen molar-refractivity contribution < 1.29 is 9.53 Å². The zero-order chi connectivity index (χ0) is 13.4. The largest absolute Gasteiger partial charge is 0.468 e. The number of methoxy groups -OCH3 is 1. The normalized spacial score (nSPS) is 12.4. The lowest BCUT2D eigenvalue weighted by atomic mass is 10.1. The van der Waals surface area contributed by atoms with E-state index in [2.05, 4.69) is 21.8 Å². The van der Waals surface area contributed by atoms with E-state index in [1.165, 1.54) is 12.7 Å². The first kappa shape index (κ1) is 14.7. The minimum Gasteiger partial charge on any atom is -0.468 e. The highest BCUT2D eigenvalue weighted by atomic mass is 16.5. The third-order valence-corrected chi connectivity index (χ3v) is 2.95. The van der Waals surface area contributed by atoms with Gasteiger partial charge in [-0.05, 0) is 32.0 Å². The van der Waals surface area contributed by atoms with Gasteiger partial charge >= 0.3 is 5.97 Å². The highest BCUT2D eigenvalue weighted by Crippen LogP contribution is 2.01. The van der Waals surface area contributed by atoms with Gasteiger partial charge in [0.25, 0.3) is 0 Å². The van der Waals surface area contributed by atoms with Crippen LogP contribution in [0.15, 0.2) is 30.3 Å². The van der Waals surface area contributed by atoms with Gasteiger partial charge < -0.3 is 15.4 Å². The van der Waals surface area contributed by atoms with Crippen molar-refractivity contribution in [1.82, 2.24) is 4.90 Å². The monoisotopic (exact) mass is 250 g/mol. The van der Waals surface area contributed by atoms with Crippen LogP contribution >= 0.6 is 0 Å². The molecule has 0 bridgehead atoms. The number of rotatable bonds is 7. The maximum Gasteiger partial charge on any atom is 0.322 e. The molecule has 1 aromatic carbocycles. The van der Waals surface area contributed by atoms with Crippen LogP contribution in [-0.2, 0) is 16.0 Å². The Balaban J connectivity index is 2.22. The molecule has 100 valence electrons. The molecule has 0 saturated carbocycles. The number of ether oxygens (including phenoxy) is 1. The Bertz CT molecular complexity index is 354. The summed E-state index contributed by atoms with van der Waals surface area (Å²) >= 11 is 0. The molecule has 0 amide bonds.